The van der Waals surface area contributed by atoms with Crippen LogP contribution in [0.2, 0.25) is 0 Å². The van der Waals surface area contributed by atoms with Gasteiger partial charge >= 0.3 is 0 Å². The average Bonchev–Trinajstić information content (AvgIpc) is 3.22. The topological polar surface area (TPSA) is 229 Å². The highest BCUT2D eigenvalue weighted by molar-refractivity contribution is 5.79. The van der Waals surface area contributed by atoms with E-state index in [4.69, 9.17) is 28.4 Å². The van der Waals surface area contributed by atoms with E-state index >= 15 is 0 Å². The Bertz CT molecular complexity index is 1560. The van der Waals surface area contributed by atoms with Gasteiger partial charge in [0.15, 0.2) is 11.6 Å². The van der Waals surface area contributed by atoms with Crippen molar-refractivity contribution < 1.29 is 38.0 Å². The fourth-order valence-electron chi connectivity index (χ4n) is 4.85. The van der Waals surface area contributed by atoms with Gasteiger partial charge in [-0.25, -0.2) is 0 Å². The molecule has 4 rings (SSSR count). The maximum atomic E-state index is 12.2. The summed E-state index contributed by atoms with van der Waals surface area (Å²) in [5.74, 6) is 1.74. The summed E-state index contributed by atoms with van der Waals surface area (Å²) in [6.07, 6.45) is 0.532. The van der Waals surface area contributed by atoms with Crippen molar-refractivity contribution in [2.24, 2.45) is 0 Å². The fraction of sp³-hybridized carbons (Fsp3) is 0.526. The smallest absolute Gasteiger partial charge is 0.224 e. The van der Waals surface area contributed by atoms with Gasteiger partial charge in [0.05, 0.1) is 92.1 Å². The van der Waals surface area contributed by atoms with Crippen LogP contribution in [0.1, 0.15) is 22.8 Å². The molecule has 4 aromatic rings. The Hall–Kier alpha value is -5.02. The zero-order valence-corrected chi connectivity index (χ0v) is 32.7. The predicted molar refractivity (Wildman–Crippen MR) is 207 cm³/mol. The van der Waals surface area contributed by atoms with E-state index in [0.717, 1.165) is 22.3 Å². The molecule has 2 aromatic heterocycles. The highest BCUT2D eigenvalue weighted by Gasteiger charge is 2.08. The Morgan fingerprint density at radius 1 is 0.421 bits per heavy atom. The molecule has 0 saturated carbocycles. The third-order valence-corrected chi connectivity index (χ3v) is 7.78. The van der Waals surface area contributed by atoms with Gasteiger partial charge in [-0.05, 0) is 25.0 Å². The molecule has 0 radical (unpaired) electrons. The van der Waals surface area contributed by atoms with E-state index in [1.807, 2.05) is 48.5 Å². The van der Waals surface area contributed by atoms with Gasteiger partial charge in [-0.3, -0.25) is 9.59 Å². The van der Waals surface area contributed by atoms with Crippen molar-refractivity contribution in [3.05, 3.63) is 71.3 Å². The van der Waals surface area contributed by atoms with Crippen LogP contribution < -0.4 is 16.0 Å². The van der Waals surface area contributed by atoms with Crippen molar-refractivity contribution in [2.45, 2.75) is 26.7 Å². The van der Waals surface area contributed by atoms with Crippen LogP contribution in [-0.2, 0) is 50.9 Å². The number of hydrogen-bond acceptors (Lipinski definition) is 17. The van der Waals surface area contributed by atoms with Crippen LogP contribution in [0.15, 0.2) is 48.5 Å². The second kappa shape index (κ2) is 27.6. The zero-order chi connectivity index (χ0) is 40.2. The van der Waals surface area contributed by atoms with Crippen LogP contribution in [0.25, 0.3) is 22.8 Å². The Labute approximate surface area is 332 Å². The molecule has 0 spiro atoms. The second-order valence-corrected chi connectivity index (χ2v) is 12.4. The summed E-state index contributed by atoms with van der Waals surface area (Å²) < 4.78 is 33.2. The van der Waals surface area contributed by atoms with E-state index in [-0.39, 0.29) is 24.7 Å². The van der Waals surface area contributed by atoms with Crippen molar-refractivity contribution in [3.8, 4) is 22.8 Å². The maximum absolute atomic E-state index is 12.2. The Morgan fingerprint density at radius 3 is 1.05 bits per heavy atom. The van der Waals surface area contributed by atoms with Gasteiger partial charge in [-0.2, -0.15) is 0 Å². The Balaban J connectivity index is 0.820. The van der Waals surface area contributed by atoms with Crippen LogP contribution in [0.3, 0.4) is 0 Å². The van der Waals surface area contributed by atoms with Crippen molar-refractivity contribution in [1.29, 1.82) is 0 Å². The van der Waals surface area contributed by atoms with Crippen LogP contribution in [0.4, 0.5) is 0 Å². The normalized spacial score (nSPS) is 11.1. The largest absolute Gasteiger partial charge is 0.378 e. The molecule has 19 heteroatoms. The summed E-state index contributed by atoms with van der Waals surface area (Å²) in [5.41, 5.74) is 3.33. The number of aromatic nitrogens is 8. The molecular formula is C38H53N11O8. The number of nitrogens with zero attached hydrogens (tertiary/aromatic N) is 8. The van der Waals surface area contributed by atoms with Gasteiger partial charge in [-0.1, -0.05) is 48.5 Å². The fourth-order valence-corrected chi connectivity index (χ4v) is 4.85. The van der Waals surface area contributed by atoms with E-state index in [1.165, 1.54) is 0 Å². The van der Waals surface area contributed by atoms with Crippen molar-refractivity contribution in [2.75, 3.05) is 105 Å². The molecule has 0 unspecified atom stereocenters. The van der Waals surface area contributed by atoms with Gasteiger partial charge in [0.1, 0.15) is 0 Å². The Kier molecular flexibility index (Phi) is 21.6. The summed E-state index contributed by atoms with van der Waals surface area (Å²) in [6.45, 7) is 11.4. The molecule has 2 heterocycles. The highest BCUT2D eigenvalue weighted by Crippen LogP contribution is 2.15. The minimum absolute atomic E-state index is 0.0823. The standard InChI is InChI=1S/C38H53N11O8/c1-29-42-46-37(47-43-29)33-7-3-31(4-8-33)27-35(50)40-13-17-54-21-25-56-23-19-52-15-11-39-12-16-53-20-24-57-26-22-55-18-14-41-36(51)28-32-5-9-34(10-6-32)38-48-44-30(2)45-49-38/h3-10,39H,11-28H2,1-2H3,(H,40,50)(H,41,51). The molecule has 0 atom stereocenters. The van der Waals surface area contributed by atoms with Crippen LogP contribution in [0.5, 0.6) is 0 Å². The van der Waals surface area contributed by atoms with Gasteiger partial charge in [-0.15, -0.1) is 40.8 Å². The van der Waals surface area contributed by atoms with E-state index in [2.05, 4.69) is 56.7 Å². The summed E-state index contributed by atoms with van der Waals surface area (Å²) in [6, 6.07) is 14.8. The number of nitrogens with one attached hydrogen (secondary N) is 3. The van der Waals surface area contributed by atoms with Gasteiger partial charge in [0.2, 0.25) is 23.5 Å². The molecule has 0 aliphatic heterocycles. The Morgan fingerprint density at radius 2 is 0.719 bits per heavy atom. The van der Waals surface area contributed by atoms with E-state index in [9.17, 15) is 9.59 Å². The molecule has 57 heavy (non-hydrogen) atoms. The average molecular weight is 792 g/mol. The number of aryl methyl sites for hydroxylation is 2. The monoisotopic (exact) mass is 791 g/mol. The first kappa shape index (κ1) is 44.7. The molecule has 3 N–H and O–H groups in total. The van der Waals surface area contributed by atoms with E-state index in [1.54, 1.807) is 13.8 Å². The molecule has 0 aliphatic rings. The van der Waals surface area contributed by atoms with Gasteiger partial charge < -0.3 is 44.4 Å². The molecular weight excluding hydrogens is 738 g/mol. The number of carbonyl (C=O) groups excluding carboxylic acids is 2. The van der Waals surface area contributed by atoms with Crippen LogP contribution in [0, 0.1) is 13.8 Å². The lowest BCUT2D eigenvalue weighted by Gasteiger charge is -2.09. The molecule has 0 bridgehead atoms. The number of benzene rings is 2. The van der Waals surface area contributed by atoms with Crippen LogP contribution in [-0.4, -0.2) is 158 Å². The molecule has 2 aromatic carbocycles. The van der Waals surface area contributed by atoms with Crippen molar-refractivity contribution in [3.63, 3.8) is 0 Å². The number of hydrogen-bond donors (Lipinski definition) is 3. The molecule has 2 amide bonds. The first-order chi connectivity index (χ1) is 28.0. The van der Waals surface area contributed by atoms with Gasteiger partial charge in [0, 0.05) is 37.3 Å². The minimum Gasteiger partial charge on any atom is -0.378 e. The lowest BCUT2D eigenvalue weighted by molar-refractivity contribution is -0.121. The highest BCUT2D eigenvalue weighted by atomic mass is 16.5. The number of rotatable bonds is 30. The third-order valence-electron chi connectivity index (χ3n) is 7.78. The minimum atomic E-state index is -0.0823. The predicted octanol–water partition coefficient (Wildman–Crippen LogP) is 0.504. The number of carbonyl (C=O) groups is 2. The van der Waals surface area contributed by atoms with Crippen molar-refractivity contribution >= 4 is 11.8 Å². The zero-order valence-electron chi connectivity index (χ0n) is 32.7. The van der Waals surface area contributed by atoms with Gasteiger partial charge in [0.25, 0.3) is 0 Å². The molecule has 19 nitrogen and oxygen atoms in total. The molecule has 0 aliphatic carbocycles. The van der Waals surface area contributed by atoms with E-state index in [0.29, 0.717) is 129 Å². The summed E-state index contributed by atoms with van der Waals surface area (Å²) in [4.78, 5) is 24.4. The summed E-state index contributed by atoms with van der Waals surface area (Å²) >= 11 is 0. The van der Waals surface area contributed by atoms with Crippen molar-refractivity contribution in [1.82, 2.24) is 56.7 Å². The molecule has 0 fully saturated rings. The number of amides is 2. The quantitative estimate of drug-likeness (QED) is 0.0611. The van der Waals surface area contributed by atoms with E-state index < -0.39 is 0 Å². The summed E-state index contributed by atoms with van der Waals surface area (Å²) in [7, 11) is 0. The second-order valence-electron chi connectivity index (χ2n) is 12.4. The maximum Gasteiger partial charge on any atom is 0.224 e. The molecule has 0 saturated heterocycles. The summed E-state index contributed by atoms with van der Waals surface area (Å²) in [5, 5.41) is 40.7. The lowest BCUT2D eigenvalue weighted by Crippen LogP contribution is -2.29. The lowest BCUT2D eigenvalue weighted by atomic mass is 10.1. The number of ether oxygens (including phenoxy) is 6. The molecule has 308 valence electrons. The first-order valence-corrected chi connectivity index (χ1v) is 18.9. The third kappa shape index (κ3) is 19.6. The SMILES string of the molecule is Cc1nnc(-c2ccc(CC(=O)NCCOCCOCCOCCNCCOCCOCCOCCNC(=O)Cc3ccc(-c4nnc(C)nn4)cc3)cc2)nn1. The van der Waals surface area contributed by atoms with Crippen LogP contribution >= 0.6 is 0 Å². The first-order valence-electron chi connectivity index (χ1n) is 18.9.